The van der Waals surface area contributed by atoms with E-state index in [1.807, 2.05) is 78.9 Å². The zero-order chi connectivity index (χ0) is 27.3. The number of H-pyrrole nitrogens is 1. The Kier molecular flexibility index (Phi) is 5.47. The van der Waals surface area contributed by atoms with Crippen LogP contribution in [-0.4, -0.2) is 4.98 Å². The van der Waals surface area contributed by atoms with Crippen molar-refractivity contribution in [3.8, 4) is 0 Å². The number of aromatic amines is 1. The van der Waals surface area contributed by atoms with Crippen LogP contribution < -0.4 is 5.32 Å². The van der Waals surface area contributed by atoms with Gasteiger partial charge in [0.15, 0.2) is 11.2 Å². The molecule has 0 fully saturated rings. The van der Waals surface area contributed by atoms with Crippen LogP contribution >= 0.6 is 11.6 Å². The van der Waals surface area contributed by atoms with E-state index in [0.717, 1.165) is 55.5 Å². The van der Waals surface area contributed by atoms with Crippen molar-refractivity contribution in [2.45, 2.75) is 0 Å². The van der Waals surface area contributed by atoms with Crippen LogP contribution in [-0.2, 0) is 0 Å². The van der Waals surface area contributed by atoms with Crippen molar-refractivity contribution in [3.05, 3.63) is 132 Å². The van der Waals surface area contributed by atoms with Gasteiger partial charge in [-0.25, -0.2) is 0 Å². The summed E-state index contributed by atoms with van der Waals surface area (Å²) in [5.41, 5.74) is 7.63. The summed E-state index contributed by atoms with van der Waals surface area (Å²) in [6, 6.07) is 42.7. The van der Waals surface area contributed by atoms with E-state index >= 15 is 0 Å². The summed E-state index contributed by atoms with van der Waals surface area (Å²) < 4.78 is 12.1. The number of fused-ring (bicyclic) bond motifs is 10. The SMILES string of the molecule is Clc1ccccc1Nc1cccc2c1oc1ccccc12.c1ccc2c(c1)[nH]c1c2ccc2c3ccccc3oc21. The second kappa shape index (κ2) is 9.47. The molecule has 0 bridgehead atoms. The van der Waals surface area contributed by atoms with Crippen molar-refractivity contribution in [3.63, 3.8) is 0 Å². The van der Waals surface area contributed by atoms with Gasteiger partial charge in [-0.1, -0.05) is 96.5 Å². The van der Waals surface area contributed by atoms with Crippen molar-refractivity contribution in [2.24, 2.45) is 0 Å². The smallest absolute Gasteiger partial charge is 0.159 e. The monoisotopic (exact) mass is 550 g/mol. The van der Waals surface area contributed by atoms with Crippen molar-refractivity contribution in [1.29, 1.82) is 0 Å². The molecule has 3 aromatic heterocycles. The highest BCUT2D eigenvalue weighted by Gasteiger charge is 2.13. The molecule has 0 saturated carbocycles. The number of hydrogen-bond acceptors (Lipinski definition) is 3. The van der Waals surface area contributed by atoms with Gasteiger partial charge in [0.2, 0.25) is 0 Å². The minimum absolute atomic E-state index is 0.686. The predicted molar refractivity (Wildman–Crippen MR) is 172 cm³/mol. The fourth-order valence-electron chi connectivity index (χ4n) is 5.65. The first-order chi connectivity index (χ1) is 20.2. The number of anilines is 2. The minimum Gasteiger partial charge on any atom is -0.454 e. The third kappa shape index (κ3) is 3.92. The lowest BCUT2D eigenvalue weighted by molar-refractivity contribution is 0.670. The number of aromatic nitrogens is 1. The van der Waals surface area contributed by atoms with Crippen molar-refractivity contribution < 1.29 is 8.83 Å². The molecule has 6 aromatic carbocycles. The van der Waals surface area contributed by atoms with Gasteiger partial charge in [-0.2, -0.15) is 0 Å². The zero-order valence-corrected chi connectivity index (χ0v) is 22.6. The average Bonchev–Trinajstić information content (AvgIpc) is 3.70. The van der Waals surface area contributed by atoms with Gasteiger partial charge >= 0.3 is 0 Å². The predicted octanol–water partition coefficient (Wildman–Crippen LogP) is 11.2. The summed E-state index contributed by atoms with van der Waals surface area (Å²) in [7, 11) is 0. The van der Waals surface area contributed by atoms with Crippen molar-refractivity contribution in [2.75, 3.05) is 5.32 Å². The Morgan fingerprint density at radius 3 is 1.80 bits per heavy atom. The molecule has 0 aliphatic rings. The number of halogens is 1. The van der Waals surface area contributed by atoms with Gasteiger partial charge in [0, 0.05) is 37.8 Å². The number of hydrogen-bond donors (Lipinski definition) is 2. The summed E-state index contributed by atoms with van der Waals surface area (Å²) >= 11 is 6.21. The van der Waals surface area contributed by atoms with Crippen LogP contribution in [0.2, 0.25) is 5.02 Å². The molecule has 5 heteroatoms. The highest BCUT2D eigenvalue weighted by molar-refractivity contribution is 6.33. The van der Waals surface area contributed by atoms with Crippen LogP contribution in [0.3, 0.4) is 0 Å². The van der Waals surface area contributed by atoms with Gasteiger partial charge in [-0.05, 0) is 42.5 Å². The van der Waals surface area contributed by atoms with Crippen LogP contribution in [0, 0.1) is 0 Å². The zero-order valence-electron chi connectivity index (χ0n) is 21.8. The molecular formula is C36H23ClN2O2. The first-order valence-corrected chi connectivity index (χ1v) is 13.8. The number of nitrogens with one attached hydrogen (secondary N) is 2. The molecule has 2 N–H and O–H groups in total. The second-order valence-corrected chi connectivity index (χ2v) is 10.4. The summed E-state index contributed by atoms with van der Waals surface area (Å²) in [5, 5.41) is 11.0. The summed E-state index contributed by atoms with van der Waals surface area (Å²) in [6.45, 7) is 0. The van der Waals surface area contributed by atoms with E-state index in [9.17, 15) is 0 Å². The van der Waals surface area contributed by atoms with E-state index < -0.39 is 0 Å². The Morgan fingerprint density at radius 1 is 0.463 bits per heavy atom. The maximum Gasteiger partial charge on any atom is 0.159 e. The maximum absolute atomic E-state index is 6.21. The van der Waals surface area contributed by atoms with Gasteiger partial charge in [0.1, 0.15) is 11.2 Å². The Labute approximate surface area is 239 Å². The fourth-order valence-corrected chi connectivity index (χ4v) is 5.84. The Hall–Kier alpha value is -5.19. The standard InChI is InChI=1S/C18H12ClNO.C18H11NO/c19-14-8-2-3-9-15(14)20-16-10-5-7-13-12-6-1-4-11-17(12)21-18(13)16;1-3-7-15-11(5-1)13-9-10-14-12-6-2-4-8-16(12)20-18(14)17(13)19-15/h1-11,20H;1-10,19H. The molecule has 0 atom stereocenters. The third-order valence-corrected chi connectivity index (χ3v) is 7.90. The fraction of sp³-hybridized carbons (Fsp3) is 0. The molecule has 9 rings (SSSR count). The molecule has 9 aromatic rings. The topological polar surface area (TPSA) is 54.1 Å². The van der Waals surface area contributed by atoms with Gasteiger partial charge in [-0.3, -0.25) is 0 Å². The average molecular weight is 551 g/mol. The van der Waals surface area contributed by atoms with Crippen LogP contribution in [0.1, 0.15) is 0 Å². The lowest BCUT2D eigenvalue weighted by Crippen LogP contribution is -1.91. The van der Waals surface area contributed by atoms with Gasteiger partial charge in [-0.15, -0.1) is 0 Å². The maximum atomic E-state index is 6.21. The van der Waals surface area contributed by atoms with Crippen molar-refractivity contribution in [1.82, 2.24) is 4.98 Å². The number of furan rings is 2. The molecule has 0 unspecified atom stereocenters. The molecule has 0 radical (unpaired) electrons. The van der Waals surface area contributed by atoms with E-state index in [-0.39, 0.29) is 0 Å². The Morgan fingerprint density at radius 2 is 1.02 bits per heavy atom. The Balaban J connectivity index is 0.000000125. The number of rotatable bonds is 2. The van der Waals surface area contributed by atoms with Crippen LogP contribution in [0.25, 0.3) is 65.7 Å². The summed E-state index contributed by atoms with van der Waals surface area (Å²) in [6.07, 6.45) is 0. The summed E-state index contributed by atoms with van der Waals surface area (Å²) in [5.74, 6) is 0. The molecule has 0 aliphatic carbocycles. The molecule has 4 nitrogen and oxygen atoms in total. The van der Waals surface area contributed by atoms with E-state index in [1.165, 1.54) is 21.5 Å². The van der Waals surface area contributed by atoms with Gasteiger partial charge < -0.3 is 19.1 Å². The van der Waals surface area contributed by atoms with E-state index in [0.29, 0.717) is 5.02 Å². The van der Waals surface area contributed by atoms with Gasteiger partial charge in [0.25, 0.3) is 0 Å². The normalized spacial score (nSPS) is 11.5. The van der Waals surface area contributed by atoms with Crippen LogP contribution in [0.15, 0.2) is 136 Å². The van der Waals surface area contributed by atoms with E-state index in [2.05, 4.69) is 58.8 Å². The van der Waals surface area contributed by atoms with Crippen LogP contribution in [0.4, 0.5) is 11.4 Å². The molecule has 0 saturated heterocycles. The first kappa shape index (κ1) is 23.7. The number of para-hydroxylation sites is 5. The molecule has 0 aliphatic heterocycles. The molecular weight excluding hydrogens is 528 g/mol. The highest BCUT2D eigenvalue weighted by Crippen LogP contribution is 2.37. The molecule has 41 heavy (non-hydrogen) atoms. The molecule has 196 valence electrons. The highest BCUT2D eigenvalue weighted by atomic mass is 35.5. The first-order valence-electron chi connectivity index (χ1n) is 13.5. The van der Waals surface area contributed by atoms with E-state index in [4.69, 9.17) is 20.4 Å². The molecule has 0 amide bonds. The Bertz CT molecular complexity index is 2290. The number of benzene rings is 6. The van der Waals surface area contributed by atoms with E-state index in [1.54, 1.807) is 0 Å². The van der Waals surface area contributed by atoms with Crippen LogP contribution in [0.5, 0.6) is 0 Å². The molecule has 3 heterocycles. The van der Waals surface area contributed by atoms with Gasteiger partial charge in [0.05, 0.1) is 21.9 Å². The second-order valence-electron chi connectivity index (χ2n) is 10.0. The summed E-state index contributed by atoms with van der Waals surface area (Å²) in [4.78, 5) is 3.49. The lowest BCUT2D eigenvalue weighted by atomic mass is 10.1. The van der Waals surface area contributed by atoms with Crippen molar-refractivity contribution >= 4 is 88.7 Å². The quantitative estimate of drug-likeness (QED) is 0.225. The third-order valence-electron chi connectivity index (χ3n) is 7.57. The lowest BCUT2D eigenvalue weighted by Gasteiger charge is -2.08. The largest absolute Gasteiger partial charge is 0.454 e. The molecule has 0 spiro atoms. The minimum atomic E-state index is 0.686.